The molecule has 0 saturated heterocycles. The summed E-state index contributed by atoms with van der Waals surface area (Å²) in [4.78, 5) is -0.512. The maximum atomic E-state index is 12.6. The van der Waals surface area contributed by atoms with Gasteiger partial charge in [-0.1, -0.05) is 12.1 Å². The second kappa shape index (κ2) is 7.44. The predicted octanol–water partition coefficient (Wildman–Crippen LogP) is 4.12. The van der Waals surface area contributed by atoms with Crippen molar-refractivity contribution in [1.29, 1.82) is 0 Å². The highest BCUT2D eigenvalue weighted by Crippen LogP contribution is 2.41. The lowest BCUT2D eigenvalue weighted by Gasteiger charge is -2.15. The molecule has 136 valence electrons. The molecule has 5 nitrogen and oxygen atoms in total. The molecular weight excluding hydrogens is 379 g/mol. The maximum Gasteiger partial charge on any atom is 0.446 e. The van der Waals surface area contributed by atoms with E-state index in [2.05, 4.69) is 4.72 Å². The van der Waals surface area contributed by atoms with Gasteiger partial charge < -0.3 is 9.47 Å². The fourth-order valence-electron chi connectivity index (χ4n) is 1.96. The number of sulfonamides is 1. The van der Waals surface area contributed by atoms with Crippen LogP contribution < -0.4 is 14.2 Å². The van der Waals surface area contributed by atoms with Gasteiger partial charge >= 0.3 is 5.51 Å². The normalized spacial score (nSPS) is 11.9. The predicted molar refractivity (Wildman–Crippen MR) is 88.7 cm³/mol. The summed E-state index contributed by atoms with van der Waals surface area (Å²) in [5, 5.41) is 0. The van der Waals surface area contributed by atoms with Gasteiger partial charge in [-0.2, -0.15) is 13.2 Å². The van der Waals surface area contributed by atoms with Crippen molar-refractivity contribution >= 4 is 27.5 Å². The van der Waals surface area contributed by atoms with Crippen LogP contribution in [0.3, 0.4) is 0 Å². The number of para-hydroxylation sites is 1. The van der Waals surface area contributed by atoms with Crippen molar-refractivity contribution in [3.8, 4) is 11.5 Å². The van der Waals surface area contributed by atoms with Crippen molar-refractivity contribution in [2.24, 2.45) is 0 Å². The van der Waals surface area contributed by atoms with E-state index in [9.17, 15) is 21.6 Å². The van der Waals surface area contributed by atoms with E-state index in [1.54, 1.807) is 0 Å². The number of alkyl halides is 3. The summed E-state index contributed by atoms with van der Waals surface area (Å²) in [7, 11) is -1.55. The molecule has 0 saturated carbocycles. The molecule has 1 N–H and O–H groups in total. The van der Waals surface area contributed by atoms with Gasteiger partial charge in [0, 0.05) is 11.0 Å². The van der Waals surface area contributed by atoms with Crippen LogP contribution in [0, 0.1) is 0 Å². The quantitative estimate of drug-likeness (QED) is 0.748. The largest absolute Gasteiger partial charge is 0.497 e. The number of ether oxygens (including phenoxy) is 2. The lowest BCUT2D eigenvalue weighted by molar-refractivity contribution is -0.0328. The highest BCUT2D eigenvalue weighted by Gasteiger charge is 2.31. The first-order valence-corrected chi connectivity index (χ1v) is 9.06. The molecule has 10 heteroatoms. The van der Waals surface area contributed by atoms with Crippen LogP contribution in [0.1, 0.15) is 0 Å². The third-order valence-electron chi connectivity index (χ3n) is 3.02. The van der Waals surface area contributed by atoms with E-state index < -0.39 is 27.3 Å². The van der Waals surface area contributed by atoms with Gasteiger partial charge in [-0.15, -0.1) is 0 Å². The van der Waals surface area contributed by atoms with Crippen LogP contribution in [0.25, 0.3) is 0 Å². The summed E-state index contributed by atoms with van der Waals surface area (Å²) in [6.45, 7) is 0. The van der Waals surface area contributed by atoms with Crippen molar-refractivity contribution < 1.29 is 31.1 Å². The van der Waals surface area contributed by atoms with E-state index in [1.165, 1.54) is 56.7 Å². The summed E-state index contributed by atoms with van der Waals surface area (Å²) in [5.74, 6) is 0.299. The summed E-state index contributed by atoms with van der Waals surface area (Å²) in [5.41, 5.74) is -4.73. The van der Waals surface area contributed by atoms with E-state index in [0.29, 0.717) is 0 Å². The maximum absolute atomic E-state index is 12.6. The molecule has 0 aromatic heterocycles. The number of hydrogen-bond acceptors (Lipinski definition) is 5. The van der Waals surface area contributed by atoms with Crippen LogP contribution >= 0.6 is 11.8 Å². The van der Waals surface area contributed by atoms with Crippen LogP contribution in [-0.4, -0.2) is 28.1 Å². The van der Waals surface area contributed by atoms with Crippen molar-refractivity contribution in [2.75, 3.05) is 18.9 Å². The van der Waals surface area contributed by atoms with Gasteiger partial charge in [-0.25, -0.2) is 8.42 Å². The third-order valence-corrected chi connectivity index (χ3v) is 5.21. The van der Waals surface area contributed by atoms with Crippen molar-refractivity contribution in [3.05, 3.63) is 42.5 Å². The highest BCUT2D eigenvalue weighted by molar-refractivity contribution is 8.00. The fourth-order valence-corrected chi connectivity index (χ4v) is 3.91. The monoisotopic (exact) mass is 393 g/mol. The van der Waals surface area contributed by atoms with Crippen LogP contribution in [0.15, 0.2) is 52.3 Å². The highest BCUT2D eigenvalue weighted by atomic mass is 32.2. The van der Waals surface area contributed by atoms with E-state index in [0.717, 1.165) is 0 Å². The minimum Gasteiger partial charge on any atom is -0.497 e. The molecule has 2 aromatic carbocycles. The molecule has 25 heavy (non-hydrogen) atoms. The van der Waals surface area contributed by atoms with E-state index in [1.807, 2.05) is 0 Å². The molecule has 0 aliphatic carbocycles. The minimum absolute atomic E-state index is 0.0363. The van der Waals surface area contributed by atoms with Crippen LogP contribution in [0.2, 0.25) is 0 Å². The van der Waals surface area contributed by atoms with Gasteiger partial charge in [0.15, 0.2) is 0 Å². The van der Waals surface area contributed by atoms with Crippen molar-refractivity contribution in [3.63, 3.8) is 0 Å². The number of anilines is 1. The van der Waals surface area contributed by atoms with Gasteiger partial charge in [0.1, 0.15) is 16.4 Å². The van der Waals surface area contributed by atoms with Crippen LogP contribution in [0.5, 0.6) is 11.5 Å². The summed E-state index contributed by atoms with van der Waals surface area (Å²) in [6.07, 6.45) is 0. The molecule has 0 aliphatic heterocycles. The van der Waals surface area contributed by atoms with Crippen molar-refractivity contribution in [2.45, 2.75) is 15.3 Å². The molecule has 2 rings (SSSR count). The van der Waals surface area contributed by atoms with Crippen LogP contribution in [-0.2, 0) is 10.0 Å². The Morgan fingerprint density at radius 1 is 1.04 bits per heavy atom. The molecule has 0 fully saturated rings. The fraction of sp³-hybridized carbons (Fsp3) is 0.200. The molecule has 0 bridgehead atoms. The molecule has 0 atom stereocenters. The Bertz CT molecular complexity index is 854. The molecule has 0 aliphatic rings. The van der Waals surface area contributed by atoms with E-state index in [4.69, 9.17) is 9.47 Å². The molecule has 2 aromatic rings. The molecule has 0 radical (unpaired) electrons. The number of rotatable bonds is 6. The standard InChI is InChI=1S/C15H14F3NO4S2/c1-22-10-7-8-12(23-2)14(9-10)25(20,21)19-11-5-3-4-6-13(11)24-15(16,17)18/h3-9,19H,1-2H3. The molecule has 0 spiro atoms. The second-order valence-electron chi connectivity index (χ2n) is 4.67. The Kier molecular flexibility index (Phi) is 5.73. The first-order valence-electron chi connectivity index (χ1n) is 6.76. The first-order chi connectivity index (χ1) is 11.7. The zero-order valence-corrected chi connectivity index (χ0v) is 14.8. The van der Waals surface area contributed by atoms with Gasteiger partial charge in [-0.05, 0) is 36.0 Å². The van der Waals surface area contributed by atoms with Crippen LogP contribution in [0.4, 0.5) is 18.9 Å². The number of methoxy groups -OCH3 is 2. The van der Waals surface area contributed by atoms with Crippen molar-refractivity contribution in [1.82, 2.24) is 0 Å². The van der Waals surface area contributed by atoms with E-state index >= 15 is 0 Å². The van der Waals surface area contributed by atoms with Gasteiger partial charge in [0.05, 0.1) is 19.9 Å². The minimum atomic E-state index is -4.55. The second-order valence-corrected chi connectivity index (χ2v) is 7.42. The summed E-state index contributed by atoms with van der Waals surface area (Å²) < 4.78 is 75.4. The van der Waals surface area contributed by atoms with E-state index in [-0.39, 0.29) is 27.0 Å². The topological polar surface area (TPSA) is 64.6 Å². The zero-order valence-electron chi connectivity index (χ0n) is 13.1. The van der Waals surface area contributed by atoms with Gasteiger partial charge in [0.25, 0.3) is 10.0 Å². The summed E-state index contributed by atoms with van der Waals surface area (Å²) in [6, 6.07) is 9.37. The average molecular weight is 393 g/mol. The Labute approximate surface area is 147 Å². The third kappa shape index (κ3) is 4.95. The number of halogens is 3. The number of thioether (sulfide) groups is 1. The molecular formula is C15H14F3NO4S2. The lowest BCUT2D eigenvalue weighted by Crippen LogP contribution is -2.15. The Morgan fingerprint density at radius 2 is 1.72 bits per heavy atom. The number of nitrogens with one attached hydrogen (secondary N) is 1. The Hall–Kier alpha value is -2.07. The number of hydrogen-bond donors (Lipinski definition) is 1. The Morgan fingerprint density at radius 3 is 2.32 bits per heavy atom. The smallest absolute Gasteiger partial charge is 0.446 e. The summed E-state index contributed by atoms with van der Waals surface area (Å²) >= 11 is -0.402. The lowest BCUT2D eigenvalue weighted by atomic mass is 10.3. The molecule has 0 heterocycles. The van der Waals surface area contributed by atoms with Gasteiger partial charge in [0.2, 0.25) is 0 Å². The number of benzene rings is 2. The molecule has 0 amide bonds. The Balaban J connectivity index is 2.44. The van der Waals surface area contributed by atoms with Gasteiger partial charge in [-0.3, -0.25) is 4.72 Å². The average Bonchev–Trinajstić information content (AvgIpc) is 2.54. The SMILES string of the molecule is COc1ccc(OC)c(S(=O)(=O)Nc2ccccc2SC(F)(F)F)c1. The zero-order chi connectivity index (χ0) is 18.7. The first kappa shape index (κ1) is 19.3. The molecule has 0 unspecified atom stereocenters.